The molecular formula is C20H26N4O4. The van der Waals surface area contributed by atoms with Gasteiger partial charge in [0.15, 0.2) is 0 Å². The summed E-state index contributed by atoms with van der Waals surface area (Å²) < 4.78 is 6.44. The number of hydrogen-bond donors (Lipinski definition) is 2. The lowest BCUT2D eigenvalue weighted by Crippen LogP contribution is -2.38. The molecule has 1 fully saturated rings. The lowest BCUT2D eigenvalue weighted by molar-refractivity contribution is 0.0394. The number of hydrogen-bond acceptors (Lipinski definition) is 6. The van der Waals surface area contributed by atoms with Gasteiger partial charge in [-0.2, -0.15) is 0 Å². The van der Waals surface area contributed by atoms with Gasteiger partial charge in [-0.05, 0) is 25.5 Å². The van der Waals surface area contributed by atoms with E-state index in [9.17, 15) is 14.7 Å². The van der Waals surface area contributed by atoms with Gasteiger partial charge in [-0.1, -0.05) is 24.6 Å². The van der Waals surface area contributed by atoms with E-state index in [0.717, 1.165) is 29.8 Å². The van der Waals surface area contributed by atoms with E-state index in [-0.39, 0.29) is 11.4 Å². The molecule has 0 atom stereocenters. The number of benzene rings is 1. The molecule has 2 heterocycles. The Labute approximate surface area is 163 Å². The number of aliphatic imine (C=N–C) groups is 1. The summed E-state index contributed by atoms with van der Waals surface area (Å²) in [6.07, 6.45) is 0.464. The zero-order valence-electron chi connectivity index (χ0n) is 16.3. The number of aryl methyl sites for hydroxylation is 1. The van der Waals surface area contributed by atoms with E-state index in [1.54, 1.807) is 12.1 Å². The van der Waals surface area contributed by atoms with Crippen LogP contribution in [0.2, 0.25) is 0 Å². The van der Waals surface area contributed by atoms with Crippen molar-refractivity contribution in [3.63, 3.8) is 0 Å². The van der Waals surface area contributed by atoms with Gasteiger partial charge in [-0.25, -0.2) is 9.36 Å². The minimum atomic E-state index is -0.682. The predicted octanol–water partition coefficient (Wildman–Crippen LogP) is 1.07. The Morgan fingerprint density at radius 2 is 1.89 bits per heavy atom. The van der Waals surface area contributed by atoms with Crippen LogP contribution in [0.5, 0.6) is 5.88 Å². The highest BCUT2D eigenvalue weighted by molar-refractivity contribution is 6.02. The number of rotatable bonds is 6. The first-order valence-corrected chi connectivity index (χ1v) is 9.50. The third-order valence-electron chi connectivity index (χ3n) is 4.82. The maximum absolute atomic E-state index is 12.4. The van der Waals surface area contributed by atoms with Crippen LogP contribution in [0.4, 0.5) is 0 Å². The molecule has 1 aromatic heterocycles. The number of aromatic hydroxyl groups is 1. The van der Waals surface area contributed by atoms with Gasteiger partial charge in [-0.15, -0.1) is 0 Å². The molecule has 0 aliphatic carbocycles. The lowest BCUT2D eigenvalue weighted by Gasteiger charge is -2.25. The van der Waals surface area contributed by atoms with Crippen molar-refractivity contribution in [2.45, 2.75) is 20.3 Å². The monoisotopic (exact) mass is 386 g/mol. The zero-order chi connectivity index (χ0) is 20.1. The molecule has 150 valence electrons. The minimum Gasteiger partial charge on any atom is -0.493 e. The number of ether oxygens (including phenoxy) is 1. The van der Waals surface area contributed by atoms with Crippen molar-refractivity contribution in [1.82, 2.24) is 14.5 Å². The van der Waals surface area contributed by atoms with E-state index < -0.39 is 11.2 Å². The van der Waals surface area contributed by atoms with E-state index in [0.29, 0.717) is 37.6 Å². The third kappa shape index (κ3) is 4.40. The van der Waals surface area contributed by atoms with E-state index in [1.807, 2.05) is 26.0 Å². The number of morpholine rings is 1. The molecule has 0 unspecified atom stereocenters. The third-order valence-corrected chi connectivity index (χ3v) is 4.82. The van der Waals surface area contributed by atoms with E-state index >= 15 is 0 Å². The van der Waals surface area contributed by atoms with Crippen LogP contribution >= 0.6 is 0 Å². The summed E-state index contributed by atoms with van der Waals surface area (Å²) in [4.78, 5) is 33.8. The van der Waals surface area contributed by atoms with Crippen LogP contribution in [0, 0.1) is 6.92 Å². The summed E-state index contributed by atoms with van der Waals surface area (Å²) in [5.41, 5.74) is 0.725. The fraction of sp³-hybridized carbons (Fsp3) is 0.450. The van der Waals surface area contributed by atoms with Crippen LogP contribution in [0.1, 0.15) is 24.5 Å². The number of H-pyrrole nitrogens is 1. The smallest absolute Gasteiger partial charge is 0.335 e. The van der Waals surface area contributed by atoms with Gasteiger partial charge in [0.25, 0.3) is 5.56 Å². The Hall–Kier alpha value is -2.71. The van der Waals surface area contributed by atoms with Crippen LogP contribution in [0.15, 0.2) is 38.8 Å². The van der Waals surface area contributed by atoms with Gasteiger partial charge in [0, 0.05) is 19.6 Å². The minimum absolute atomic E-state index is 0.0460. The Balaban J connectivity index is 1.93. The van der Waals surface area contributed by atoms with Gasteiger partial charge in [0.1, 0.15) is 5.56 Å². The average Bonchev–Trinajstić information content (AvgIpc) is 2.68. The summed E-state index contributed by atoms with van der Waals surface area (Å²) >= 11 is 0. The molecule has 0 bridgehead atoms. The first kappa shape index (κ1) is 20.0. The van der Waals surface area contributed by atoms with Gasteiger partial charge in [0.05, 0.1) is 31.2 Å². The van der Waals surface area contributed by atoms with Crippen molar-refractivity contribution < 1.29 is 9.84 Å². The van der Waals surface area contributed by atoms with Crippen molar-refractivity contribution in [2.24, 2.45) is 4.99 Å². The molecule has 0 radical (unpaired) electrons. The average molecular weight is 386 g/mol. The normalized spacial score (nSPS) is 15.7. The second kappa shape index (κ2) is 8.99. The van der Waals surface area contributed by atoms with Gasteiger partial charge in [-0.3, -0.25) is 19.7 Å². The molecule has 8 nitrogen and oxygen atoms in total. The molecule has 2 aromatic rings. The molecule has 28 heavy (non-hydrogen) atoms. The molecule has 1 aliphatic heterocycles. The first-order chi connectivity index (χ1) is 13.5. The predicted molar refractivity (Wildman–Crippen MR) is 108 cm³/mol. The quantitative estimate of drug-likeness (QED) is 0.724. The fourth-order valence-electron chi connectivity index (χ4n) is 3.24. The van der Waals surface area contributed by atoms with Crippen molar-refractivity contribution in [1.29, 1.82) is 0 Å². The number of nitrogens with one attached hydrogen (secondary N) is 1. The van der Waals surface area contributed by atoms with Crippen LogP contribution in [0.3, 0.4) is 0 Å². The first-order valence-electron chi connectivity index (χ1n) is 9.50. The summed E-state index contributed by atoms with van der Waals surface area (Å²) in [6.45, 7) is 8.21. The summed E-state index contributed by atoms with van der Waals surface area (Å²) in [6, 6.07) is 7.12. The van der Waals surface area contributed by atoms with Crippen molar-refractivity contribution >= 4 is 5.71 Å². The van der Waals surface area contributed by atoms with E-state index in [2.05, 4.69) is 14.9 Å². The molecular weight excluding hydrogens is 360 g/mol. The second-order valence-corrected chi connectivity index (χ2v) is 6.76. The standard InChI is InChI=1S/C20H26N4O4/c1-3-16(21-8-9-23-10-12-28-13-11-23)17-18(25)22-20(27)24(19(17)26)15-6-4-14(2)5-7-15/h4-7,26H,3,8-13H2,1-2H3,(H,22,25,27). The molecule has 0 spiro atoms. The van der Waals surface area contributed by atoms with Gasteiger partial charge < -0.3 is 9.84 Å². The van der Waals surface area contributed by atoms with Crippen LogP contribution in [-0.4, -0.2) is 64.7 Å². The largest absolute Gasteiger partial charge is 0.493 e. The van der Waals surface area contributed by atoms with E-state index in [4.69, 9.17) is 4.74 Å². The Morgan fingerprint density at radius 1 is 1.21 bits per heavy atom. The number of aromatic nitrogens is 2. The summed E-state index contributed by atoms with van der Waals surface area (Å²) in [5.74, 6) is -0.385. The molecule has 0 saturated carbocycles. The molecule has 8 heteroatoms. The summed E-state index contributed by atoms with van der Waals surface area (Å²) in [7, 11) is 0. The molecule has 1 aliphatic rings. The van der Waals surface area contributed by atoms with Crippen molar-refractivity contribution in [2.75, 3.05) is 39.4 Å². The zero-order valence-corrected chi connectivity index (χ0v) is 16.3. The Bertz CT molecular complexity index is 954. The number of nitrogens with zero attached hydrogens (tertiary/aromatic N) is 3. The second-order valence-electron chi connectivity index (χ2n) is 6.76. The maximum Gasteiger partial charge on any atom is 0.335 e. The Kier molecular flexibility index (Phi) is 6.43. The van der Waals surface area contributed by atoms with Crippen LogP contribution < -0.4 is 11.2 Å². The lowest BCUT2D eigenvalue weighted by atomic mass is 10.1. The van der Waals surface area contributed by atoms with E-state index in [1.165, 1.54) is 0 Å². The molecule has 3 rings (SSSR count). The highest BCUT2D eigenvalue weighted by Crippen LogP contribution is 2.18. The number of aromatic amines is 1. The van der Waals surface area contributed by atoms with Gasteiger partial charge >= 0.3 is 5.69 Å². The highest BCUT2D eigenvalue weighted by Gasteiger charge is 2.19. The van der Waals surface area contributed by atoms with Crippen LogP contribution in [-0.2, 0) is 4.74 Å². The highest BCUT2D eigenvalue weighted by atomic mass is 16.5. The van der Waals surface area contributed by atoms with Crippen molar-refractivity contribution in [3.05, 3.63) is 56.2 Å². The summed E-state index contributed by atoms with van der Waals surface area (Å²) in [5, 5.41) is 10.8. The SMILES string of the molecule is CCC(=NCCN1CCOCC1)c1c(O)n(-c2ccc(C)cc2)c(=O)[nH]c1=O. The topological polar surface area (TPSA) is 99.9 Å². The molecule has 1 saturated heterocycles. The van der Waals surface area contributed by atoms with Crippen LogP contribution in [0.25, 0.3) is 5.69 Å². The molecule has 2 N–H and O–H groups in total. The molecule has 1 aromatic carbocycles. The fourth-order valence-corrected chi connectivity index (χ4v) is 3.24. The maximum atomic E-state index is 12.4. The Morgan fingerprint density at radius 3 is 2.54 bits per heavy atom. The van der Waals surface area contributed by atoms with Crippen molar-refractivity contribution in [3.8, 4) is 11.6 Å². The van der Waals surface area contributed by atoms with Gasteiger partial charge in [0.2, 0.25) is 5.88 Å². The molecule has 0 amide bonds.